The van der Waals surface area contributed by atoms with Gasteiger partial charge in [-0.2, -0.15) is 0 Å². The van der Waals surface area contributed by atoms with Crippen LogP contribution in [0.4, 0.5) is 0 Å². The predicted octanol–water partition coefficient (Wildman–Crippen LogP) is 1.49. The highest BCUT2D eigenvalue weighted by atomic mass is 16.5. The van der Waals surface area contributed by atoms with Crippen LogP contribution in [-0.4, -0.2) is 55.0 Å². The van der Waals surface area contributed by atoms with Crippen molar-refractivity contribution in [1.82, 2.24) is 4.90 Å². The molecule has 1 unspecified atom stereocenters. The van der Waals surface area contributed by atoms with E-state index >= 15 is 0 Å². The molecule has 0 aromatic heterocycles. The molecule has 0 fully saturated rings. The first kappa shape index (κ1) is 16.3. The van der Waals surface area contributed by atoms with Gasteiger partial charge in [0.15, 0.2) is 11.5 Å². The normalized spacial score (nSPS) is 12.4. The minimum Gasteiger partial charge on any atom is -0.504 e. The van der Waals surface area contributed by atoms with Gasteiger partial charge in [-0.25, -0.2) is 0 Å². The molecule has 0 amide bonds. The Balaban J connectivity index is 2.92. The fourth-order valence-corrected chi connectivity index (χ4v) is 1.96. The van der Waals surface area contributed by atoms with Crippen LogP contribution in [-0.2, 0) is 9.53 Å². The maximum absolute atomic E-state index is 10.9. The summed E-state index contributed by atoms with van der Waals surface area (Å²) in [6, 6.07) is 4.88. The first-order chi connectivity index (χ1) is 9.49. The van der Waals surface area contributed by atoms with Crippen molar-refractivity contribution in [1.29, 1.82) is 0 Å². The van der Waals surface area contributed by atoms with Crippen LogP contribution < -0.4 is 4.74 Å². The van der Waals surface area contributed by atoms with Crippen molar-refractivity contribution in [3.63, 3.8) is 0 Å². The van der Waals surface area contributed by atoms with Gasteiger partial charge >= 0.3 is 5.97 Å². The van der Waals surface area contributed by atoms with E-state index in [4.69, 9.17) is 14.6 Å². The molecule has 0 aliphatic heterocycles. The first-order valence-corrected chi connectivity index (χ1v) is 6.31. The Morgan fingerprint density at radius 2 is 2.10 bits per heavy atom. The summed E-state index contributed by atoms with van der Waals surface area (Å²) in [5, 5.41) is 18.6. The van der Waals surface area contributed by atoms with E-state index in [0.29, 0.717) is 18.9 Å². The number of ether oxygens (including phenoxy) is 2. The Hall–Kier alpha value is -1.79. The molecule has 0 spiro atoms. The largest absolute Gasteiger partial charge is 0.504 e. The standard InChI is InChI=1S/C14H21NO5/c1-10(15(6-7-19-2)9-14(17)18)11-4-5-12(16)13(8-11)20-3/h4-5,8,10,16H,6-7,9H2,1-3H3,(H,17,18). The van der Waals surface area contributed by atoms with Gasteiger partial charge in [-0.05, 0) is 24.6 Å². The van der Waals surface area contributed by atoms with Crippen molar-refractivity contribution in [2.24, 2.45) is 0 Å². The number of methoxy groups -OCH3 is 2. The van der Waals surface area contributed by atoms with E-state index in [0.717, 1.165) is 5.56 Å². The Morgan fingerprint density at radius 3 is 2.65 bits per heavy atom. The van der Waals surface area contributed by atoms with E-state index in [1.54, 1.807) is 30.2 Å². The third-order valence-corrected chi connectivity index (χ3v) is 3.15. The van der Waals surface area contributed by atoms with E-state index in [2.05, 4.69) is 0 Å². The van der Waals surface area contributed by atoms with Gasteiger partial charge in [0, 0.05) is 19.7 Å². The molecular weight excluding hydrogens is 262 g/mol. The zero-order chi connectivity index (χ0) is 15.1. The molecule has 0 heterocycles. The highest BCUT2D eigenvalue weighted by Crippen LogP contribution is 2.30. The van der Waals surface area contributed by atoms with Crippen LogP contribution in [0.5, 0.6) is 11.5 Å². The lowest BCUT2D eigenvalue weighted by atomic mass is 10.1. The highest BCUT2D eigenvalue weighted by Gasteiger charge is 2.19. The molecule has 1 aromatic rings. The number of phenols is 1. The van der Waals surface area contributed by atoms with Gasteiger partial charge in [-0.1, -0.05) is 6.07 Å². The number of rotatable bonds is 8. The van der Waals surface area contributed by atoms with Crippen LogP contribution in [0.1, 0.15) is 18.5 Å². The summed E-state index contributed by atoms with van der Waals surface area (Å²) in [6.07, 6.45) is 0. The first-order valence-electron chi connectivity index (χ1n) is 6.31. The molecule has 0 aliphatic carbocycles. The topological polar surface area (TPSA) is 79.2 Å². The maximum Gasteiger partial charge on any atom is 0.317 e. The highest BCUT2D eigenvalue weighted by molar-refractivity contribution is 5.69. The van der Waals surface area contributed by atoms with Crippen LogP contribution in [0.25, 0.3) is 0 Å². The number of phenolic OH excluding ortho intramolecular Hbond substituents is 1. The predicted molar refractivity (Wildman–Crippen MR) is 74.2 cm³/mol. The summed E-state index contributed by atoms with van der Waals surface area (Å²) in [6.45, 7) is 2.79. The Bertz CT molecular complexity index is 449. The summed E-state index contributed by atoms with van der Waals surface area (Å²) in [4.78, 5) is 12.7. The zero-order valence-corrected chi connectivity index (χ0v) is 12.0. The number of aliphatic carboxylic acids is 1. The lowest BCUT2D eigenvalue weighted by Crippen LogP contribution is -2.35. The van der Waals surface area contributed by atoms with Crippen molar-refractivity contribution in [3.8, 4) is 11.5 Å². The molecule has 112 valence electrons. The number of hydrogen-bond donors (Lipinski definition) is 2. The summed E-state index contributed by atoms with van der Waals surface area (Å²) < 4.78 is 10.1. The van der Waals surface area contributed by atoms with Crippen LogP contribution >= 0.6 is 0 Å². The lowest BCUT2D eigenvalue weighted by molar-refractivity contribution is -0.139. The fourth-order valence-electron chi connectivity index (χ4n) is 1.96. The second-order valence-electron chi connectivity index (χ2n) is 4.46. The second-order valence-corrected chi connectivity index (χ2v) is 4.46. The van der Waals surface area contributed by atoms with Crippen LogP contribution in [0.15, 0.2) is 18.2 Å². The van der Waals surface area contributed by atoms with Gasteiger partial charge in [-0.15, -0.1) is 0 Å². The smallest absolute Gasteiger partial charge is 0.317 e. The van der Waals surface area contributed by atoms with E-state index in [9.17, 15) is 9.90 Å². The molecule has 1 atom stereocenters. The third-order valence-electron chi connectivity index (χ3n) is 3.15. The van der Waals surface area contributed by atoms with Gasteiger partial charge in [0.25, 0.3) is 0 Å². The van der Waals surface area contributed by atoms with Crippen molar-refractivity contribution >= 4 is 5.97 Å². The van der Waals surface area contributed by atoms with E-state index in [1.165, 1.54) is 7.11 Å². The average molecular weight is 283 g/mol. The summed E-state index contributed by atoms with van der Waals surface area (Å²) in [7, 11) is 3.05. The van der Waals surface area contributed by atoms with Gasteiger partial charge in [0.1, 0.15) is 0 Å². The second kappa shape index (κ2) is 7.72. The number of carboxylic acids is 1. The number of carbonyl (C=O) groups is 1. The van der Waals surface area contributed by atoms with Crippen LogP contribution in [0.3, 0.4) is 0 Å². The Labute approximate surface area is 118 Å². The summed E-state index contributed by atoms with van der Waals surface area (Å²) in [5.74, 6) is -0.458. The number of hydrogen-bond acceptors (Lipinski definition) is 5. The third kappa shape index (κ3) is 4.40. The number of benzene rings is 1. The van der Waals surface area contributed by atoms with Crippen LogP contribution in [0.2, 0.25) is 0 Å². The van der Waals surface area contributed by atoms with Crippen molar-refractivity contribution in [2.75, 3.05) is 33.9 Å². The van der Waals surface area contributed by atoms with E-state index in [1.807, 2.05) is 6.92 Å². The molecular formula is C14H21NO5. The molecule has 0 radical (unpaired) electrons. The van der Waals surface area contributed by atoms with Crippen molar-refractivity contribution < 1.29 is 24.5 Å². The summed E-state index contributed by atoms with van der Waals surface area (Å²) in [5.41, 5.74) is 0.872. The molecule has 0 bridgehead atoms. The minimum atomic E-state index is -0.890. The van der Waals surface area contributed by atoms with Gasteiger partial charge in [0.05, 0.1) is 20.3 Å². The lowest BCUT2D eigenvalue weighted by Gasteiger charge is -2.27. The van der Waals surface area contributed by atoms with Gasteiger partial charge < -0.3 is 19.7 Å². The molecule has 1 rings (SSSR count). The Kier molecular flexibility index (Phi) is 6.27. The van der Waals surface area contributed by atoms with Crippen molar-refractivity contribution in [3.05, 3.63) is 23.8 Å². The van der Waals surface area contributed by atoms with Crippen LogP contribution in [0, 0.1) is 0 Å². The minimum absolute atomic E-state index is 0.0603. The molecule has 6 nitrogen and oxygen atoms in total. The fraction of sp³-hybridized carbons (Fsp3) is 0.500. The molecule has 0 aliphatic rings. The van der Waals surface area contributed by atoms with Gasteiger partial charge in [0.2, 0.25) is 0 Å². The van der Waals surface area contributed by atoms with E-state index < -0.39 is 5.97 Å². The van der Waals surface area contributed by atoms with E-state index in [-0.39, 0.29) is 18.3 Å². The SMILES string of the molecule is COCCN(CC(=O)O)C(C)c1ccc(O)c(OC)c1. The average Bonchev–Trinajstić information content (AvgIpc) is 2.42. The van der Waals surface area contributed by atoms with Crippen molar-refractivity contribution in [2.45, 2.75) is 13.0 Å². The van der Waals surface area contributed by atoms with Gasteiger partial charge in [-0.3, -0.25) is 9.69 Å². The molecule has 20 heavy (non-hydrogen) atoms. The number of nitrogens with zero attached hydrogens (tertiary/aromatic N) is 1. The summed E-state index contributed by atoms with van der Waals surface area (Å²) >= 11 is 0. The zero-order valence-electron chi connectivity index (χ0n) is 12.0. The quantitative estimate of drug-likeness (QED) is 0.752. The molecule has 2 N–H and O–H groups in total. The number of carboxylic acid groups (broad SMARTS) is 1. The molecule has 0 saturated heterocycles. The Morgan fingerprint density at radius 1 is 1.40 bits per heavy atom. The molecule has 6 heteroatoms. The monoisotopic (exact) mass is 283 g/mol. The maximum atomic E-state index is 10.9. The number of aromatic hydroxyl groups is 1. The molecule has 0 saturated carbocycles. The molecule has 1 aromatic carbocycles.